The summed E-state index contributed by atoms with van der Waals surface area (Å²) in [5.74, 6) is 1.14. The van der Waals surface area contributed by atoms with Gasteiger partial charge in [-0.05, 0) is 91.6 Å². The summed E-state index contributed by atoms with van der Waals surface area (Å²) in [5, 5.41) is 0. The number of hydrogen-bond donors (Lipinski definition) is 0. The van der Waals surface area contributed by atoms with Gasteiger partial charge in [0.2, 0.25) is 0 Å². The van der Waals surface area contributed by atoms with Crippen molar-refractivity contribution in [2.24, 2.45) is 16.7 Å². The van der Waals surface area contributed by atoms with E-state index < -0.39 is 0 Å². The zero-order valence-corrected chi connectivity index (χ0v) is 26.0. The fourth-order valence-electron chi connectivity index (χ4n) is 7.40. The minimum atomic E-state index is -0.246. The third-order valence-electron chi connectivity index (χ3n) is 9.38. The topological polar surface area (TPSA) is 36.0 Å². The lowest BCUT2D eigenvalue weighted by molar-refractivity contribution is -0.129. The fraction of sp³-hybridized carbons (Fsp3) is 0.968. The maximum atomic E-state index is 12.5. The molecule has 0 radical (unpaired) electrons. The molecule has 5 heteroatoms. The van der Waals surface area contributed by atoms with Crippen molar-refractivity contribution >= 4 is 5.78 Å². The molecular weight excluding hydrogens is 446 g/mol. The Morgan fingerprint density at radius 1 is 0.806 bits per heavy atom. The van der Waals surface area contributed by atoms with Gasteiger partial charge in [-0.3, -0.25) is 19.5 Å². The van der Waals surface area contributed by atoms with Crippen LogP contribution < -0.4 is 0 Å². The molecule has 2 aliphatic heterocycles. The zero-order chi connectivity index (χ0) is 27.4. The summed E-state index contributed by atoms with van der Waals surface area (Å²) in [6.45, 7) is 34.0. The largest absolute Gasteiger partial charge is 0.377 e. The number of ketones is 1. The number of Topliss-reactive ketones (excluding diaryl/α,β-unsaturated/α-hetero) is 1. The molecule has 0 spiro atoms. The van der Waals surface area contributed by atoms with Crippen molar-refractivity contribution in [3.05, 3.63) is 0 Å². The monoisotopic (exact) mass is 507 g/mol. The second kappa shape index (κ2) is 12.6. The summed E-state index contributed by atoms with van der Waals surface area (Å²) >= 11 is 0. The quantitative estimate of drug-likeness (QED) is 0.301. The Labute approximate surface area is 224 Å². The molecule has 0 aliphatic carbocycles. The minimum absolute atomic E-state index is 0.0581. The Morgan fingerprint density at radius 2 is 1.31 bits per heavy atom. The molecule has 2 aliphatic rings. The average Bonchev–Trinajstić information content (AvgIpc) is 2.77. The second-order valence-corrected chi connectivity index (χ2v) is 14.6. The van der Waals surface area contributed by atoms with Crippen molar-refractivity contribution in [3.63, 3.8) is 0 Å². The highest BCUT2D eigenvalue weighted by Gasteiger charge is 2.43. The first kappa shape index (κ1) is 31.7. The van der Waals surface area contributed by atoms with Gasteiger partial charge in [-0.25, -0.2) is 0 Å². The smallest absolute Gasteiger partial charge is 0.138 e. The molecule has 36 heavy (non-hydrogen) atoms. The van der Waals surface area contributed by atoms with Crippen LogP contribution in [0.15, 0.2) is 0 Å². The third kappa shape index (κ3) is 8.78. The standard InChI is InChI=1S/C31H61N3O2/c1-12-27(35)29(6,7)24-31(10,11)33-15-13-26(14-16-33)28(4,5)23-30(8,9)34-19-17-32(18-20-34)21-22-36-25(2)3/h25-26H,12-24H2,1-11H3. The lowest BCUT2D eigenvalue weighted by Gasteiger charge is -2.51. The van der Waals surface area contributed by atoms with E-state index in [2.05, 4.69) is 83.9 Å². The summed E-state index contributed by atoms with van der Waals surface area (Å²) < 4.78 is 5.77. The Bertz CT molecular complexity index is 682. The molecular formula is C31H61N3O2. The Morgan fingerprint density at radius 3 is 1.81 bits per heavy atom. The third-order valence-corrected chi connectivity index (χ3v) is 9.38. The van der Waals surface area contributed by atoms with Crippen LogP contribution in [0, 0.1) is 16.7 Å². The molecule has 0 aromatic carbocycles. The van der Waals surface area contributed by atoms with E-state index in [4.69, 9.17) is 4.74 Å². The molecule has 2 saturated heterocycles. The van der Waals surface area contributed by atoms with Gasteiger partial charge in [0.1, 0.15) is 5.78 Å². The molecule has 212 valence electrons. The van der Waals surface area contributed by atoms with Gasteiger partial charge in [0.15, 0.2) is 0 Å². The molecule has 0 atom stereocenters. The molecule has 2 fully saturated rings. The van der Waals surface area contributed by atoms with Gasteiger partial charge >= 0.3 is 0 Å². The summed E-state index contributed by atoms with van der Waals surface area (Å²) in [5.41, 5.74) is 0.344. The van der Waals surface area contributed by atoms with E-state index in [1.165, 1.54) is 19.3 Å². The van der Waals surface area contributed by atoms with Crippen molar-refractivity contribution in [2.45, 2.75) is 125 Å². The van der Waals surface area contributed by atoms with E-state index in [0.717, 1.165) is 64.8 Å². The number of nitrogens with zero attached hydrogens (tertiary/aromatic N) is 3. The normalized spacial score (nSPS) is 20.9. The van der Waals surface area contributed by atoms with Crippen LogP contribution in [0.5, 0.6) is 0 Å². The molecule has 0 aromatic heterocycles. The summed E-state index contributed by atoms with van der Waals surface area (Å²) in [6.07, 6.45) is 5.65. The van der Waals surface area contributed by atoms with Crippen LogP contribution in [0.3, 0.4) is 0 Å². The molecule has 0 N–H and O–H groups in total. The van der Waals surface area contributed by atoms with Crippen molar-refractivity contribution in [3.8, 4) is 0 Å². The number of piperazine rings is 1. The first-order valence-electron chi connectivity index (χ1n) is 14.9. The summed E-state index contributed by atoms with van der Waals surface area (Å²) in [7, 11) is 0. The number of carbonyl (C=O) groups is 1. The van der Waals surface area contributed by atoms with Crippen LogP contribution in [0.2, 0.25) is 0 Å². The maximum absolute atomic E-state index is 12.5. The van der Waals surface area contributed by atoms with Crippen LogP contribution >= 0.6 is 0 Å². The van der Waals surface area contributed by atoms with Gasteiger partial charge < -0.3 is 4.74 Å². The number of ether oxygens (including phenoxy) is 1. The van der Waals surface area contributed by atoms with Gasteiger partial charge in [-0.2, -0.15) is 0 Å². The number of rotatable bonds is 13. The Balaban J connectivity index is 1.87. The molecule has 0 aromatic rings. The predicted molar refractivity (Wildman–Crippen MR) is 154 cm³/mol. The first-order chi connectivity index (χ1) is 16.5. The van der Waals surface area contributed by atoms with Gasteiger partial charge in [0.05, 0.1) is 12.7 Å². The molecule has 0 bridgehead atoms. The molecule has 0 saturated carbocycles. The Hall–Kier alpha value is -0.490. The highest BCUT2D eigenvalue weighted by Crippen LogP contribution is 2.44. The van der Waals surface area contributed by atoms with Crippen molar-refractivity contribution < 1.29 is 9.53 Å². The number of hydrogen-bond acceptors (Lipinski definition) is 5. The van der Waals surface area contributed by atoms with E-state index in [1.54, 1.807) is 0 Å². The van der Waals surface area contributed by atoms with Gasteiger partial charge in [0, 0.05) is 55.6 Å². The summed E-state index contributed by atoms with van der Waals surface area (Å²) in [4.78, 5) is 20.5. The van der Waals surface area contributed by atoms with Crippen molar-refractivity contribution in [1.82, 2.24) is 14.7 Å². The van der Waals surface area contributed by atoms with E-state index in [1.807, 2.05) is 6.92 Å². The first-order valence-corrected chi connectivity index (χ1v) is 14.9. The van der Waals surface area contributed by atoms with Crippen LogP contribution in [0.25, 0.3) is 0 Å². The minimum Gasteiger partial charge on any atom is -0.377 e. The molecule has 2 heterocycles. The molecule has 2 rings (SSSR count). The highest BCUT2D eigenvalue weighted by atomic mass is 16.5. The maximum Gasteiger partial charge on any atom is 0.138 e. The average molecular weight is 508 g/mol. The van der Waals surface area contributed by atoms with Crippen LogP contribution in [-0.4, -0.2) is 90.1 Å². The van der Waals surface area contributed by atoms with E-state index in [0.29, 0.717) is 23.7 Å². The van der Waals surface area contributed by atoms with Crippen molar-refractivity contribution in [2.75, 3.05) is 52.4 Å². The zero-order valence-electron chi connectivity index (χ0n) is 26.0. The van der Waals surface area contributed by atoms with E-state index in [9.17, 15) is 4.79 Å². The van der Waals surface area contributed by atoms with E-state index in [-0.39, 0.29) is 16.5 Å². The van der Waals surface area contributed by atoms with Gasteiger partial charge in [0.25, 0.3) is 0 Å². The van der Waals surface area contributed by atoms with Gasteiger partial charge in [-0.15, -0.1) is 0 Å². The second-order valence-electron chi connectivity index (χ2n) is 14.6. The van der Waals surface area contributed by atoms with E-state index >= 15 is 0 Å². The lowest BCUT2D eigenvalue weighted by Crippen LogP contribution is -2.57. The molecule has 5 nitrogen and oxygen atoms in total. The number of piperidine rings is 1. The predicted octanol–water partition coefficient (Wildman–Crippen LogP) is 6.11. The molecule has 0 amide bonds. The lowest BCUT2D eigenvalue weighted by atomic mass is 9.66. The SMILES string of the molecule is CCC(=O)C(C)(C)CC(C)(C)N1CCC(C(C)(C)CC(C)(C)N2CCN(CCOC(C)C)CC2)CC1. The van der Waals surface area contributed by atoms with Crippen LogP contribution in [0.1, 0.15) is 108 Å². The fourth-order valence-corrected chi connectivity index (χ4v) is 7.40. The van der Waals surface area contributed by atoms with Crippen LogP contribution in [0.4, 0.5) is 0 Å². The van der Waals surface area contributed by atoms with Gasteiger partial charge in [-0.1, -0.05) is 34.6 Å². The highest BCUT2D eigenvalue weighted by molar-refractivity contribution is 5.83. The van der Waals surface area contributed by atoms with Crippen LogP contribution in [-0.2, 0) is 9.53 Å². The molecule has 0 unspecified atom stereocenters. The number of likely N-dealkylation sites (tertiary alicyclic amines) is 1. The Kier molecular flexibility index (Phi) is 11.1. The summed E-state index contributed by atoms with van der Waals surface area (Å²) in [6, 6.07) is 0. The number of carbonyl (C=O) groups excluding carboxylic acids is 1. The van der Waals surface area contributed by atoms with Crippen molar-refractivity contribution in [1.29, 1.82) is 0 Å².